The average molecular weight is 368 g/mol. The number of pyridine rings is 1. The number of carbonyl (C=O) groups is 2. The Bertz CT molecular complexity index is 894. The zero-order chi connectivity index (χ0) is 18.4. The van der Waals surface area contributed by atoms with Crippen molar-refractivity contribution in [2.24, 2.45) is 5.73 Å². The Morgan fingerprint density at radius 1 is 1.15 bits per heavy atom. The van der Waals surface area contributed by atoms with Gasteiger partial charge < -0.3 is 15.8 Å². The van der Waals surface area contributed by atoms with Gasteiger partial charge in [0.25, 0.3) is 5.91 Å². The summed E-state index contributed by atoms with van der Waals surface area (Å²) in [6, 6.07) is 12.3. The molecule has 2 heterocycles. The normalized spacial score (nSPS) is 10.3. The summed E-state index contributed by atoms with van der Waals surface area (Å²) in [6.07, 6.45) is 1.88. The predicted molar refractivity (Wildman–Crippen MR) is 98.8 cm³/mol. The van der Waals surface area contributed by atoms with E-state index in [1.807, 2.05) is 23.6 Å². The van der Waals surface area contributed by atoms with Crippen LogP contribution in [0.1, 0.15) is 5.69 Å². The molecule has 0 spiro atoms. The van der Waals surface area contributed by atoms with Crippen molar-refractivity contribution < 1.29 is 14.3 Å². The minimum Gasteiger partial charge on any atom is -0.484 e. The van der Waals surface area contributed by atoms with E-state index in [0.717, 1.165) is 10.7 Å². The first-order chi connectivity index (χ1) is 12.6. The second-order valence-corrected chi connectivity index (χ2v) is 6.22. The van der Waals surface area contributed by atoms with Gasteiger partial charge in [0, 0.05) is 17.3 Å². The quantitative estimate of drug-likeness (QED) is 0.665. The highest BCUT2D eigenvalue weighted by Gasteiger charge is 2.10. The second-order valence-electron chi connectivity index (χ2n) is 5.36. The number of hydrogen-bond acceptors (Lipinski definition) is 6. The molecule has 7 nitrogen and oxygen atoms in total. The molecule has 0 saturated heterocycles. The number of nitrogens with zero attached hydrogens (tertiary/aromatic N) is 2. The lowest BCUT2D eigenvalue weighted by atomic mass is 10.2. The molecule has 0 bridgehead atoms. The number of thiazole rings is 1. The summed E-state index contributed by atoms with van der Waals surface area (Å²) in [6.45, 7) is -0.186. The van der Waals surface area contributed by atoms with Gasteiger partial charge in [-0.3, -0.25) is 14.6 Å². The zero-order valence-corrected chi connectivity index (χ0v) is 14.5. The number of nitrogens with two attached hydrogens (primary N) is 1. The van der Waals surface area contributed by atoms with Crippen molar-refractivity contribution >= 4 is 28.8 Å². The van der Waals surface area contributed by atoms with Crippen LogP contribution in [0.2, 0.25) is 0 Å². The fourth-order valence-electron chi connectivity index (χ4n) is 2.15. The maximum absolute atomic E-state index is 12.2. The number of anilines is 1. The lowest BCUT2D eigenvalue weighted by Gasteiger charge is -2.06. The monoisotopic (exact) mass is 368 g/mol. The number of aromatic nitrogens is 2. The number of ether oxygens (including phenoxy) is 1. The van der Waals surface area contributed by atoms with Gasteiger partial charge in [-0.1, -0.05) is 6.07 Å². The van der Waals surface area contributed by atoms with Gasteiger partial charge in [-0.05, 0) is 36.4 Å². The molecule has 2 amide bonds. The van der Waals surface area contributed by atoms with Crippen LogP contribution in [-0.4, -0.2) is 28.4 Å². The van der Waals surface area contributed by atoms with E-state index in [-0.39, 0.29) is 18.9 Å². The first-order valence-electron chi connectivity index (χ1n) is 7.77. The third-order valence-corrected chi connectivity index (χ3v) is 4.21. The summed E-state index contributed by atoms with van der Waals surface area (Å²) >= 11 is 1.45. The minimum atomic E-state index is -0.546. The summed E-state index contributed by atoms with van der Waals surface area (Å²) in [5, 5.41) is 5.43. The van der Waals surface area contributed by atoms with E-state index < -0.39 is 5.91 Å². The highest BCUT2D eigenvalue weighted by molar-refractivity contribution is 7.13. The number of nitrogens with one attached hydrogen (secondary N) is 1. The maximum atomic E-state index is 12.2. The van der Waals surface area contributed by atoms with Gasteiger partial charge >= 0.3 is 0 Å². The van der Waals surface area contributed by atoms with Crippen LogP contribution in [0.5, 0.6) is 5.75 Å². The summed E-state index contributed by atoms with van der Waals surface area (Å²) in [5.41, 5.74) is 7.12. The molecule has 3 rings (SSSR count). The van der Waals surface area contributed by atoms with Crippen LogP contribution in [0.3, 0.4) is 0 Å². The number of hydrogen-bond donors (Lipinski definition) is 2. The Morgan fingerprint density at radius 3 is 2.65 bits per heavy atom. The molecule has 0 unspecified atom stereocenters. The lowest BCUT2D eigenvalue weighted by Crippen LogP contribution is -2.20. The molecule has 1 aromatic carbocycles. The lowest BCUT2D eigenvalue weighted by molar-refractivity contribution is -0.120. The Kier molecular flexibility index (Phi) is 5.55. The fraction of sp³-hybridized carbons (Fsp3) is 0.111. The molecule has 0 atom stereocenters. The number of primary amides is 1. The SMILES string of the molecule is NC(=O)COc1ccc(NC(=O)Cc2csc(-c3ccccn3)n2)cc1. The molecule has 0 radical (unpaired) electrons. The fourth-order valence-corrected chi connectivity index (χ4v) is 2.95. The van der Waals surface area contributed by atoms with Crippen LogP contribution in [0.15, 0.2) is 54.0 Å². The number of carbonyl (C=O) groups excluding carboxylic acids is 2. The molecule has 0 saturated carbocycles. The van der Waals surface area contributed by atoms with E-state index in [0.29, 0.717) is 17.1 Å². The van der Waals surface area contributed by atoms with E-state index in [1.54, 1.807) is 30.5 Å². The highest BCUT2D eigenvalue weighted by Crippen LogP contribution is 2.22. The largest absolute Gasteiger partial charge is 0.484 e. The molecule has 132 valence electrons. The molecular weight excluding hydrogens is 352 g/mol. The van der Waals surface area contributed by atoms with Gasteiger partial charge in [-0.25, -0.2) is 4.98 Å². The topological polar surface area (TPSA) is 107 Å². The van der Waals surface area contributed by atoms with Crippen molar-refractivity contribution in [3.8, 4) is 16.5 Å². The minimum absolute atomic E-state index is 0.170. The molecule has 0 aliphatic rings. The number of rotatable bonds is 7. The molecule has 3 N–H and O–H groups in total. The van der Waals surface area contributed by atoms with Gasteiger partial charge in [-0.2, -0.15) is 0 Å². The van der Waals surface area contributed by atoms with Gasteiger partial charge in [0.1, 0.15) is 10.8 Å². The molecule has 0 aliphatic carbocycles. The molecule has 2 aromatic heterocycles. The van der Waals surface area contributed by atoms with Crippen LogP contribution in [0, 0.1) is 0 Å². The second kappa shape index (κ2) is 8.21. The number of benzene rings is 1. The zero-order valence-electron chi connectivity index (χ0n) is 13.7. The van der Waals surface area contributed by atoms with Crippen molar-refractivity contribution in [3.63, 3.8) is 0 Å². The van der Waals surface area contributed by atoms with Crippen LogP contribution in [-0.2, 0) is 16.0 Å². The van der Waals surface area contributed by atoms with Crippen LogP contribution < -0.4 is 15.8 Å². The van der Waals surface area contributed by atoms with Crippen molar-refractivity contribution in [2.75, 3.05) is 11.9 Å². The number of amides is 2. The van der Waals surface area contributed by atoms with Crippen molar-refractivity contribution in [1.29, 1.82) is 0 Å². The van der Waals surface area contributed by atoms with E-state index in [2.05, 4.69) is 15.3 Å². The van der Waals surface area contributed by atoms with Crippen molar-refractivity contribution in [3.05, 3.63) is 59.7 Å². The summed E-state index contributed by atoms with van der Waals surface area (Å²) in [7, 11) is 0. The predicted octanol–water partition coefficient (Wildman–Crippen LogP) is 2.25. The van der Waals surface area contributed by atoms with Crippen molar-refractivity contribution in [1.82, 2.24) is 9.97 Å². The molecule has 26 heavy (non-hydrogen) atoms. The smallest absolute Gasteiger partial charge is 0.255 e. The van der Waals surface area contributed by atoms with Gasteiger partial charge in [0.15, 0.2) is 6.61 Å². The van der Waals surface area contributed by atoms with Gasteiger partial charge in [-0.15, -0.1) is 11.3 Å². The standard InChI is InChI=1S/C18H16N4O3S/c19-16(23)10-25-14-6-4-12(5-7-14)21-17(24)9-13-11-26-18(22-13)15-3-1-2-8-20-15/h1-8,11H,9-10H2,(H2,19,23)(H,21,24). The van der Waals surface area contributed by atoms with Gasteiger partial charge in [0.05, 0.1) is 17.8 Å². The molecule has 3 aromatic rings. The first-order valence-corrected chi connectivity index (χ1v) is 8.65. The van der Waals surface area contributed by atoms with E-state index in [9.17, 15) is 9.59 Å². The third-order valence-electron chi connectivity index (χ3n) is 3.30. The van der Waals surface area contributed by atoms with Crippen LogP contribution >= 0.6 is 11.3 Å². The summed E-state index contributed by atoms with van der Waals surface area (Å²) in [5.74, 6) is -0.217. The van der Waals surface area contributed by atoms with E-state index in [4.69, 9.17) is 10.5 Å². The average Bonchev–Trinajstić information content (AvgIpc) is 3.10. The van der Waals surface area contributed by atoms with E-state index in [1.165, 1.54) is 11.3 Å². The Labute approximate surface area is 153 Å². The Morgan fingerprint density at radius 2 is 1.96 bits per heavy atom. The highest BCUT2D eigenvalue weighted by atomic mass is 32.1. The summed E-state index contributed by atoms with van der Waals surface area (Å²) in [4.78, 5) is 31.6. The molecule has 0 aliphatic heterocycles. The molecular formula is C18H16N4O3S. The van der Waals surface area contributed by atoms with E-state index >= 15 is 0 Å². The van der Waals surface area contributed by atoms with Crippen LogP contribution in [0.4, 0.5) is 5.69 Å². The molecule has 8 heteroatoms. The molecule has 0 fully saturated rings. The third kappa shape index (κ3) is 4.87. The summed E-state index contributed by atoms with van der Waals surface area (Å²) < 4.78 is 5.17. The Balaban J connectivity index is 1.56. The van der Waals surface area contributed by atoms with Crippen molar-refractivity contribution in [2.45, 2.75) is 6.42 Å². The van der Waals surface area contributed by atoms with Gasteiger partial charge in [0.2, 0.25) is 5.91 Å². The Hall–Kier alpha value is -3.26. The van der Waals surface area contributed by atoms with Crippen LogP contribution in [0.25, 0.3) is 10.7 Å². The first kappa shape index (κ1) is 17.6. The maximum Gasteiger partial charge on any atom is 0.255 e.